The predicted octanol–water partition coefficient (Wildman–Crippen LogP) is 4.85. The summed E-state index contributed by atoms with van der Waals surface area (Å²) in [6.45, 7) is 3.13. The first-order valence-corrected chi connectivity index (χ1v) is 9.92. The summed E-state index contributed by atoms with van der Waals surface area (Å²) in [7, 11) is 0. The zero-order chi connectivity index (χ0) is 23.7. The highest BCUT2D eigenvalue weighted by Crippen LogP contribution is 2.28. The number of halogens is 2. The van der Waals surface area contributed by atoms with Gasteiger partial charge in [-0.15, -0.1) is 10.2 Å². The molecule has 0 aliphatic heterocycles. The highest BCUT2D eigenvalue weighted by molar-refractivity contribution is 6.33. The number of non-ortho nitro benzene ring substituents is 1. The Balaban J connectivity index is 1.51. The van der Waals surface area contributed by atoms with Crippen molar-refractivity contribution in [2.45, 2.75) is 20.0 Å². The van der Waals surface area contributed by atoms with Gasteiger partial charge >= 0.3 is 5.97 Å². The van der Waals surface area contributed by atoms with Crippen LogP contribution < -0.4 is 0 Å². The Hall–Kier alpha value is -4.12. The molecule has 0 bridgehead atoms. The number of rotatable bonds is 6. The summed E-state index contributed by atoms with van der Waals surface area (Å²) < 4.78 is 25.5. The molecule has 0 fully saturated rings. The fraction of sp³-hybridized carbons (Fsp3) is 0.143. The lowest BCUT2D eigenvalue weighted by Crippen LogP contribution is -2.10. The van der Waals surface area contributed by atoms with E-state index in [9.17, 15) is 19.3 Å². The fourth-order valence-corrected chi connectivity index (χ4v) is 3.34. The monoisotopic (exact) mass is 471 g/mol. The van der Waals surface area contributed by atoms with Crippen molar-refractivity contribution >= 4 is 23.3 Å². The quantitative estimate of drug-likeness (QED) is 0.222. The number of hydrogen-bond donors (Lipinski definition) is 0. The number of aromatic nitrogens is 4. The van der Waals surface area contributed by atoms with Crippen molar-refractivity contribution < 1.29 is 23.3 Å². The van der Waals surface area contributed by atoms with Crippen LogP contribution in [0.5, 0.6) is 0 Å². The molecule has 2 aromatic carbocycles. The lowest BCUT2D eigenvalue weighted by atomic mass is 10.2. The van der Waals surface area contributed by atoms with Gasteiger partial charge in [-0.25, -0.2) is 13.9 Å². The second-order valence-electron chi connectivity index (χ2n) is 6.94. The van der Waals surface area contributed by atoms with E-state index in [1.165, 1.54) is 53.2 Å². The van der Waals surface area contributed by atoms with Crippen molar-refractivity contribution in [1.29, 1.82) is 0 Å². The van der Waals surface area contributed by atoms with E-state index in [0.29, 0.717) is 16.9 Å². The molecule has 0 N–H and O–H groups in total. The molecular formula is C21H15ClFN5O5. The summed E-state index contributed by atoms with van der Waals surface area (Å²) in [5, 5.41) is 22.8. The van der Waals surface area contributed by atoms with Gasteiger partial charge in [-0.2, -0.15) is 5.10 Å². The molecule has 1 atom stereocenters. The van der Waals surface area contributed by atoms with Crippen LogP contribution in [0.25, 0.3) is 17.1 Å². The van der Waals surface area contributed by atoms with Gasteiger partial charge in [0.15, 0.2) is 6.10 Å². The van der Waals surface area contributed by atoms with E-state index in [1.54, 1.807) is 13.8 Å². The Morgan fingerprint density at radius 2 is 1.85 bits per heavy atom. The molecule has 0 saturated carbocycles. The molecule has 33 heavy (non-hydrogen) atoms. The highest BCUT2D eigenvalue weighted by atomic mass is 35.5. The van der Waals surface area contributed by atoms with Crippen molar-refractivity contribution in [3.8, 4) is 17.1 Å². The maximum atomic E-state index is 13.2. The fourth-order valence-electron chi connectivity index (χ4n) is 3.00. The summed E-state index contributed by atoms with van der Waals surface area (Å²) >= 11 is 6.35. The first kappa shape index (κ1) is 22.1. The third-order valence-corrected chi connectivity index (χ3v) is 5.03. The van der Waals surface area contributed by atoms with Crippen LogP contribution in [-0.2, 0) is 4.74 Å². The molecule has 2 heterocycles. The maximum Gasteiger partial charge on any atom is 0.344 e. The van der Waals surface area contributed by atoms with Gasteiger partial charge in [-0.3, -0.25) is 10.1 Å². The van der Waals surface area contributed by atoms with Crippen LogP contribution in [0.15, 0.2) is 52.9 Å². The Morgan fingerprint density at radius 1 is 1.18 bits per heavy atom. The maximum absolute atomic E-state index is 13.2. The summed E-state index contributed by atoms with van der Waals surface area (Å²) in [6, 6.07) is 11.0. The smallest absolute Gasteiger partial charge is 0.344 e. The molecule has 1 unspecified atom stereocenters. The second-order valence-corrected chi connectivity index (χ2v) is 7.29. The van der Waals surface area contributed by atoms with Gasteiger partial charge in [0.1, 0.15) is 16.5 Å². The molecule has 12 heteroatoms. The topological polar surface area (TPSA) is 126 Å². The van der Waals surface area contributed by atoms with Crippen molar-refractivity contribution in [2.75, 3.05) is 0 Å². The van der Waals surface area contributed by atoms with Crippen LogP contribution in [0, 0.1) is 22.9 Å². The Bertz CT molecular complexity index is 1330. The van der Waals surface area contributed by atoms with Crippen LogP contribution in [-0.4, -0.2) is 30.9 Å². The number of aryl methyl sites for hydroxylation is 1. The van der Waals surface area contributed by atoms with E-state index in [2.05, 4.69) is 15.3 Å². The summed E-state index contributed by atoms with van der Waals surface area (Å²) in [6.07, 6.45) is -0.915. The average molecular weight is 472 g/mol. The lowest BCUT2D eigenvalue weighted by molar-refractivity contribution is -0.384. The van der Waals surface area contributed by atoms with Crippen LogP contribution in [0.1, 0.15) is 35.0 Å². The zero-order valence-corrected chi connectivity index (χ0v) is 18.0. The molecule has 0 spiro atoms. The first-order valence-electron chi connectivity index (χ1n) is 9.55. The van der Waals surface area contributed by atoms with E-state index in [0.717, 1.165) is 0 Å². The normalized spacial score (nSPS) is 11.9. The van der Waals surface area contributed by atoms with Gasteiger partial charge < -0.3 is 9.15 Å². The van der Waals surface area contributed by atoms with Crippen molar-refractivity contribution in [3.05, 3.63) is 86.8 Å². The summed E-state index contributed by atoms with van der Waals surface area (Å²) in [5.74, 6) is -1.04. The van der Waals surface area contributed by atoms with Crippen molar-refractivity contribution in [1.82, 2.24) is 20.0 Å². The number of carbonyl (C=O) groups is 1. The molecule has 0 saturated heterocycles. The molecule has 0 aliphatic carbocycles. The Morgan fingerprint density at radius 3 is 2.48 bits per heavy atom. The summed E-state index contributed by atoms with van der Waals surface area (Å²) in [5.41, 5.74) is 1.23. The zero-order valence-electron chi connectivity index (χ0n) is 17.2. The first-order chi connectivity index (χ1) is 15.7. The minimum Gasteiger partial charge on any atom is -0.449 e. The number of nitro benzene ring substituents is 1. The molecule has 0 amide bonds. The third kappa shape index (κ3) is 4.44. The second kappa shape index (κ2) is 8.79. The predicted molar refractivity (Wildman–Crippen MR) is 113 cm³/mol. The number of carbonyl (C=O) groups excluding carboxylic acids is 1. The molecule has 4 aromatic rings. The van der Waals surface area contributed by atoms with Gasteiger partial charge in [-0.1, -0.05) is 11.6 Å². The Labute approximate surface area is 190 Å². The van der Waals surface area contributed by atoms with Crippen molar-refractivity contribution in [3.63, 3.8) is 0 Å². The van der Waals surface area contributed by atoms with Crippen LogP contribution >= 0.6 is 11.6 Å². The lowest BCUT2D eigenvalue weighted by Gasteiger charge is -2.09. The minimum atomic E-state index is -0.915. The van der Waals surface area contributed by atoms with Gasteiger partial charge in [0.05, 0.1) is 16.3 Å². The number of benzene rings is 2. The van der Waals surface area contributed by atoms with E-state index < -0.39 is 22.8 Å². The highest BCUT2D eigenvalue weighted by Gasteiger charge is 2.26. The van der Waals surface area contributed by atoms with E-state index in [-0.39, 0.29) is 28.2 Å². The largest absolute Gasteiger partial charge is 0.449 e. The third-order valence-electron chi connectivity index (χ3n) is 4.68. The molecule has 2 aromatic heterocycles. The van der Waals surface area contributed by atoms with Crippen LogP contribution in [0.4, 0.5) is 10.1 Å². The van der Waals surface area contributed by atoms with Gasteiger partial charge in [0.25, 0.3) is 11.6 Å². The number of nitrogens with zero attached hydrogens (tertiary/aromatic N) is 5. The Kier molecular flexibility index (Phi) is 5.88. The van der Waals surface area contributed by atoms with Gasteiger partial charge in [0.2, 0.25) is 5.89 Å². The number of esters is 1. The van der Waals surface area contributed by atoms with Gasteiger partial charge in [0, 0.05) is 17.7 Å². The SMILES string of the molecule is Cc1nn(-c2ccc(F)cc2)c(Cl)c1C(=O)OC(C)c1nnc(-c2ccc([N+](=O)[O-])cc2)o1. The minimum absolute atomic E-state index is 0.00778. The molecule has 0 radical (unpaired) electrons. The van der Waals surface area contributed by atoms with E-state index >= 15 is 0 Å². The number of ether oxygens (including phenoxy) is 1. The summed E-state index contributed by atoms with van der Waals surface area (Å²) in [4.78, 5) is 23.0. The standard InChI is InChI=1S/C21H15ClFN5O5/c1-11-17(18(22)27(26-11)15-9-5-14(23)6-10-15)21(29)32-12(2)19-24-25-20(33-19)13-3-7-16(8-4-13)28(30)31/h3-10,12H,1-2H3. The number of nitro groups is 1. The molecular weight excluding hydrogens is 457 g/mol. The molecule has 168 valence electrons. The van der Waals surface area contributed by atoms with E-state index in [1.807, 2.05) is 0 Å². The van der Waals surface area contributed by atoms with Gasteiger partial charge in [-0.05, 0) is 50.2 Å². The van der Waals surface area contributed by atoms with Crippen molar-refractivity contribution in [2.24, 2.45) is 0 Å². The van der Waals surface area contributed by atoms with Crippen LogP contribution in [0.2, 0.25) is 5.15 Å². The van der Waals surface area contributed by atoms with E-state index in [4.69, 9.17) is 20.8 Å². The molecule has 4 rings (SSSR count). The average Bonchev–Trinajstić information content (AvgIpc) is 3.39. The number of hydrogen-bond acceptors (Lipinski definition) is 8. The molecule has 0 aliphatic rings. The van der Waals surface area contributed by atoms with Crippen LogP contribution in [0.3, 0.4) is 0 Å². The molecule has 10 nitrogen and oxygen atoms in total.